The second kappa shape index (κ2) is 7.27. The molecule has 0 unspecified atom stereocenters. The molecule has 0 aliphatic carbocycles. The van der Waals surface area contributed by atoms with Gasteiger partial charge >= 0.3 is 0 Å². The van der Waals surface area contributed by atoms with E-state index in [0.717, 1.165) is 37.5 Å². The first-order chi connectivity index (χ1) is 12.8. The van der Waals surface area contributed by atoms with Crippen LogP contribution in [-0.4, -0.2) is 31.8 Å². The van der Waals surface area contributed by atoms with Crippen LogP contribution in [0.3, 0.4) is 0 Å². The molecule has 0 radical (unpaired) electrons. The van der Waals surface area contributed by atoms with Crippen LogP contribution in [0.2, 0.25) is 0 Å². The molecule has 3 aromatic heterocycles. The van der Waals surface area contributed by atoms with Gasteiger partial charge in [0.05, 0.1) is 22.9 Å². The van der Waals surface area contributed by atoms with Crippen LogP contribution < -0.4 is 4.74 Å². The zero-order chi connectivity index (χ0) is 17.9. The van der Waals surface area contributed by atoms with Crippen molar-refractivity contribution in [2.45, 2.75) is 16.7 Å². The van der Waals surface area contributed by atoms with Gasteiger partial charge in [-0.15, -0.1) is 28.1 Å². The van der Waals surface area contributed by atoms with Crippen molar-refractivity contribution in [3.05, 3.63) is 54.7 Å². The van der Waals surface area contributed by atoms with E-state index in [9.17, 15) is 0 Å². The van der Waals surface area contributed by atoms with E-state index < -0.39 is 0 Å². The number of hydrogen-bond acceptors (Lipinski definition) is 7. The summed E-state index contributed by atoms with van der Waals surface area (Å²) in [5.74, 6) is 1.49. The van der Waals surface area contributed by atoms with E-state index in [4.69, 9.17) is 4.74 Å². The molecule has 0 saturated heterocycles. The van der Waals surface area contributed by atoms with Crippen molar-refractivity contribution in [1.29, 1.82) is 0 Å². The van der Waals surface area contributed by atoms with E-state index >= 15 is 0 Å². The van der Waals surface area contributed by atoms with Gasteiger partial charge in [-0.2, -0.15) is 0 Å². The summed E-state index contributed by atoms with van der Waals surface area (Å²) in [6, 6.07) is 9.76. The number of aromatic nitrogens is 5. The Kier molecular flexibility index (Phi) is 4.68. The summed E-state index contributed by atoms with van der Waals surface area (Å²) in [7, 11) is 1.65. The van der Waals surface area contributed by atoms with Crippen LogP contribution in [0.5, 0.6) is 5.75 Å². The maximum atomic E-state index is 5.47. The maximum absolute atomic E-state index is 5.47. The molecule has 3 heterocycles. The Morgan fingerprint density at radius 3 is 2.96 bits per heavy atom. The number of para-hydroxylation sites is 1. The number of methoxy groups -OCH3 is 1. The van der Waals surface area contributed by atoms with E-state index in [1.165, 1.54) is 11.8 Å². The van der Waals surface area contributed by atoms with Gasteiger partial charge in [-0.25, -0.2) is 9.97 Å². The smallest absolute Gasteiger partial charge is 0.198 e. The van der Waals surface area contributed by atoms with Gasteiger partial charge in [-0.05, 0) is 35.3 Å². The van der Waals surface area contributed by atoms with Gasteiger partial charge in [0.1, 0.15) is 17.1 Å². The maximum Gasteiger partial charge on any atom is 0.198 e. The molecule has 0 bridgehead atoms. The van der Waals surface area contributed by atoms with Crippen molar-refractivity contribution in [2.75, 3.05) is 7.11 Å². The van der Waals surface area contributed by atoms with Crippen molar-refractivity contribution in [3.8, 4) is 17.1 Å². The van der Waals surface area contributed by atoms with Gasteiger partial charge in [-0.3, -0.25) is 4.57 Å². The summed E-state index contributed by atoms with van der Waals surface area (Å²) in [4.78, 5) is 8.71. The van der Waals surface area contributed by atoms with Crippen molar-refractivity contribution in [1.82, 2.24) is 24.7 Å². The number of ether oxygens (including phenoxy) is 1. The van der Waals surface area contributed by atoms with Crippen LogP contribution in [0.1, 0.15) is 0 Å². The summed E-state index contributed by atoms with van der Waals surface area (Å²) in [6.07, 6.45) is 3.40. The number of allylic oxidation sites excluding steroid dienone is 1. The van der Waals surface area contributed by atoms with Crippen LogP contribution in [0.15, 0.2) is 64.9 Å². The number of hydrogen-bond donors (Lipinski definition) is 0. The second-order valence-electron chi connectivity index (χ2n) is 5.32. The molecular formula is C18H15N5OS2. The van der Waals surface area contributed by atoms with Crippen LogP contribution >= 0.6 is 23.1 Å². The molecule has 0 fully saturated rings. The predicted octanol–water partition coefficient (Wildman–Crippen LogP) is 4.30. The summed E-state index contributed by atoms with van der Waals surface area (Å²) >= 11 is 3.10. The third-order valence-electron chi connectivity index (χ3n) is 3.77. The Morgan fingerprint density at radius 2 is 2.12 bits per heavy atom. The zero-order valence-corrected chi connectivity index (χ0v) is 15.6. The lowest BCUT2D eigenvalue weighted by Gasteiger charge is -2.10. The largest absolute Gasteiger partial charge is 0.496 e. The molecule has 0 aliphatic heterocycles. The van der Waals surface area contributed by atoms with E-state index in [1.807, 2.05) is 46.4 Å². The van der Waals surface area contributed by atoms with Crippen LogP contribution in [0.25, 0.3) is 21.6 Å². The van der Waals surface area contributed by atoms with E-state index in [0.29, 0.717) is 6.54 Å². The highest BCUT2D eigenvalue weighted by Gasteiger charge is 2.18. The van der Waals surface area contributed by atoms with Crippen molar-refractivity contribution in [2.24, 2.45) is 0 Å². The molecule has 0 amide bonds. The van der Waals surface area contributed by atoms with E-state index in [2.05, 4.69) is 26.7 Å². The van der Waals surface area contributed by atoms with Crippen LogP contribution in [0.4, 0.5) is 0 Å². The van der Waals surface area contributed by atoms with Crippen LogP contribution in [-0.2, 0) is 6.54 Å². The van der Waals surface area contributed by atoms with Gasteiger partial charge in [-0.1, -0.05) is 18.2 Å². The van der Waals surface area contributed by atoms with Gasteiger partial charge in [0, 0.05) is 6.54 Å². The Morgan fingerprint density at radius 1 is 1.23 bits per heavy atom. The fraction of sp³-hybridized carbons (Fsp3) is 0.111. The number of thiophene rings is 1. The lowest BCUT2D eigenvalue weighted by Crippen LogP contribution is -2.01. The molecule has 130 valence electrons. The first kappa shape index (κ1) is 16.7. The third-order valence-corrected chi connectivity index (χ3v) is 5.80. The minimum atomic E-state index is 0.585. The molecule has 0 N–H and O–H groups in total. The number of nitrogens with zero attached hydrogens (tertiary/aromatic N) is 5. The molecule has 0 saturated carbocycles. The Hall–Kier alpha value is -2.71. The predicted molar refractivity (Wildman–Crippen MR) is 104 cm³/mol. The van der Waals surface area contributed by atoms with Crippen molar-refractivity contribution in [3.63, 3.8) is 0 Å². The lowest BCUT2D eigenvalue weighted by molar-refractivity contribution is 0.416. The highest BCUT2D eigenvalue weighted by atomic mass is 32.2. The summed E-state index contributed by atoms with van der Waals surface area (Å²) in [5, 5.41) is 12.4. The Labute approximate surface area is 158 Å². The molecule has 26 heavy (non-hydrogen) atoms. The van der Waals surface area contributed by atoms with Gasteiger partial charge < -0.3 is 4.74 Å². The molecular weight excluding hydrogens is 366 g/mol. The molecule has 4 rings (SSSR count). The molecule has 0 spiro atoms. The average molecular weight is 381 g/mol. The highest BCUT2D eigenvalue weighted by Crippen LogP contribution is 2.36. The standard InChI is InChI=1S/C18H15N5OS2/c1-3-9-23-16(12-6-4-5-7-14(12)24-2)21-22-18(23)26-17-15-13(8-10-25-15)19-11-20-17/h3-8,10-11H,1,9H2,2H3. The number of fused-ring (bicyclic) bond motifs is 1. The number of rotatable bonds is 6. The lowest BCUT2D eigenvalue weighted by atomic mass is 10.2. The first-order valence-electron chi connectivity index (χ1n) is 7.85. The van der Waals surface area contributed by atoms with Crippen molar-refractivity contribution >= 4 is 33.3 Å². The first-order valence-corrected chi connectivity index (χ1v) is 9.55. The molecule has 8 heteroatoms. The zero-order valence-electron chi connectivity index (χ0n) is 14.0. The SMILES string of the molecule is C=CCn1c(Sc2ncnc3ccsc23)nnc1-c1ccccc1OC. The molecule has 1 aromatic carbocycles. The van der Waals surface area contributed by atoms with Gasteiger partial charge in [0.25, 0.3) is 0 Å². The van der Waals surface area contributed by atoms with Crippen molar-refractivity contribution < 1.29 is 4.74 Å². The fourth-order valence-corrected chi connectivity index (χ4v) is 4.43. The molecule has 0 atom stereocenters. The Balaban J connectivity index is 1.79. The molecule has 6 nitrogen and oxygen atoms in total. The normalized spacial score (nSPS) is 11.0. The average Bonchev–Trinajstić information content (AvgIpc) is 3.30. The highest BCUT2D eigenvalue weighted by molar-refractivity contribution is 7.99. The third kappa shape index (κ3) is 2.97. The van der Waals surface area contributed by atoms with Gasteiger partial charge in [0.2, 0.25) is 0 Å². The summed E-state index contributed by atoms with van der Waals surface area (Å²) < 4.78 is 8.53. The minimum Gasteiger partial charge on any atom is -0.496 e. The fourth-order valence-electron chi connectivity index (χ4n) is 2.61. The molecule has 4 aromatic rings. The summed E-state index contributed by atoms with van der Waals surface area (Å²) in [6.45, 7) is 4.45. The Bertz CT molecular complexity index is 1070. The van der Waals surface area contributed by atoms with Crippen LogP contribution in [0, 0.1) is 0 Å². The van der Waals surface area contributed by atoms with E-state index in [1.54, 1.807) is 24.8 Å². The quantitative estimate of drug-likeness (QED) is 0.367. The topological polar surface area (TPSA) is 65.7 Å². The summed E-state index contributed by atoms with van der Waals surface area (Å²) in [5.41, 5.74) is 1.83. The second-order valence-corrected chi connectivity index (χ2v) is 7.19. The minimum absolute atomic E-state index is 0.585. The molecule has 0 aliphatic rings. The monoisotopic (exact) mass is 381 g/mol. The van der Waals surface area contributed by atoms with E-state index in [-0.39, 0.29) is 0 Å². The number of benzene rings is 1. The van der Waals surface area contributed by atoms with Gasteiger partial charge in [0.15, 0.2) is 11.0 Å².